The van der Waals surface area contributed by atoms with E-state index in [9.17, 15) is 4.79 Å². The molecule has 0 saturated heterocycles. The van der Waals surface area contributed by atoms with Crippen molar-refractivity contribution < 1.29 is 9.53 Å². The summed E-state index contributed by atoms with van der Waals surface area (Å²) in [5, 5.41) is 2.96. The van der Waals surface area contributed by atoms with Crippen LogP contribution in [-0.4, -0.2) is 31.2 Å². The molecule has 0 aromatic carbocycles. The number of nitrogens with two attached hydrogens (primary N) is 1. The Labute approximate surface area is 126 Å². The van der Waals surface area contributed by atoms with Gasteiger partial charge < -0.3 is 15.5 Å². The lowest BCUT2D eigenvalue weighted by atomic mass is 9.89. The van der Waals surface area contributed by atoms with E-state index in [0.717, 1.165) is 18.5 Å². The minimum absolute atomic E-state index is 0.0127. The third-order valence-corrected chi connectivity index (χ3v) is 3.36. The first-order valence-electron chi connectivity index (χ1n) is 7.16. The van der Waals surface area contributed by atoms with Crippen LogP contribution in [0.25, 0.3) is 0 Å². The lowest BCUT2D eigenvalue weighted by Gasteiger charge is -2.24. The molecule has 0 saturated carbocycles. The van der Waals surface area contributed by atoms with Crippen LogP contribution in [0, 0.1) is 5.41 Å². The number of nitrogens with one attached hydrogen (secondary N) is 2. The predicted octanol–water partition coefficient (Wildman–Crippen LogP) is 1.72. The molecule has 0 bridgehead atoms. The Hall–Kier alpha value is -1.66. The van der Waals surface area contributed by atoms with Crippen molar-refractivity contribution in [3.8, 4) is 0 Å². The molecule has 1 heterocycles. The van der Waals surface area contributed by atoms with E-state index in [1.165, 1.54) is 0 Å². The van der Waals surface area contributed by atoms with Gasteiger partial charge in [-0.05, 0) is 30.4 Å². The molecule has 0 aliphatic rings. The summed E-state index contributed by atoms with van der Waals surface area (Å²) in [6.45, 7) is 7.45. The Morgan fingerprint density at radius 1 is 1.43 bits per heavy atom. The van der Waals surface area contributed by atoms with Crippen LogP contribution in [0.1, 0.15) is 43.2 Å². The zero-order chi connectivity index (χ0) is 15.9. The molecule has 0 unspecified atom stereocenters. The van der Waals surface area contributed by atoms with E-state index in [-0.39, 0.29) is 11.3 Å². The summed E-state index contributed by atoms with van der Waals surface area (Å²) in [5.74, 6) is 5.76. The average Bonchev–Trinajstić information content (AvgIpc) is 2.50. The van der Waals surface area contributed by atoms with Gasteiger partial charge in [-0.2, -0.15) is 0 Å². The lowest BCUT2D eigenvalue weighted by molar-refractivity contribution is 0.0921. The first-order chi connectivity index (χ1) is 9.91. The van der Waals surface area contributed by atoms with Crippen LogP contribution >= 0.6 is 0 Å². The van der Waals surface area contributed by atoms with E-state index < -0.39 is 0 Å². The van der Waals surface area contributed by atoms with Crippen molar-refractivity contribution in [3.63, 3.8) is 0 Å². The highest BCUT2D eigenvalue weighted by molar-refractivity contribution is 5.95. The number of amides is 1. The van der Waals surface area contributed by atoms with Gasteiger partial charge in [0.2, 0.25) is 0 Å². The summed E-state index contributed by atoms with van der Waals surface area (Å²) in [5.41, 5.74) is 3.87. The summed E-state index contributed by atoms with van der Waals surface area (Å²) in [7, 11) is 1.68. The lowest BCUT2D eigenvalue weighted by Crippen LogP contribution is -2.34. The number of hydrazine groups is 1. The zero-order valence-electron chi connectivity index (χ0n) is 13.3. The first kappa shape index (κ1) is 17.4. The summed E-state index contributed by atoms with van der Waals surface area (Å²) >= 11 is 0. The van der Waals surface area contributed by atoms with Gasteiger partial charge in [-0.1, -0.05) is 20.8 Å². The zero-order valence-corrected chi connectivity index (χ0v) is 13.3. The number of hydrogen-bond acceptors (Lipinski definition) is 5. The number of anilines is 1. The number of methoxy groups -OCH3 is 1. The maximum absolute atomic E-state index is 12.3. The molecular weight excluding hydrogens is 268 g/mol. The number of ether oxygens (including phenoxy) is 1. The maximum Gasteiger partial charge on any atom is 0.251 e. The number of pyridine rings is 1. The van der Waals surface area contributed by atoms with E-state index in [1.54, 1.807) is 19.2 Å². The Balaban J connectivity index is 2.71. The van der Waals surface area contributed by atoms with Gasteiger partial charge in [0.1, 0.15) is 5.82 Å². The van der Waals surface area contributed by atoms with E-state index in [1.807, 2.05) is 6.92 Å². The van der Waals surface area contributed by atoms with Gasteiger partial charge >= 0.3 is 0 Å². The first-order valence-corrected chi connectivity index (χ1v) is 7.16. The standard InChI is InChI=1S/C15H26N4O2/c1-5-12-8-11(9-13(18-12)19-16)14(20)17-10-15(2,3)6-7-21-4/h8-9H,5-7,10,16H2,1-4H3,(H,17,20)(H,18,19). The molecule has 0 fully saturated rings. The summed E-state index contributed by atoms with van der Waals surface area (Å²) < 4.78 is 5.09. The van der Waals surface area contributed by atoms with E-state index in [4.69, 9.17) is 10.6 Å². The van der Waals surface area contributed by atoms with Crippen molar-refractivity contribution >= 4 is 11.7 Å². The topological polar surface area (TPSA) is 89.3 Å². The normalized spacial score (nSPS) is 11.3. The number of aryl methyl sites for hydroxylation is 1. The molecule has 118 valence electrons. The molecule has 21 heavy (non-hydrogen) atoms. The highest BCUT2D eigenvalue weighted by Gasteiger charge is 2.19. The Bertz CT molecular complexity index is 452. The molecular formula is C15H26N4O2. The molecule has 1 aromatic heterocycles. The van der Waals surface area contributed by atoms with Crippen LogP contribution in [-0.2, 0) is 11.2 Å². The molecule has 0 radical (unpaired) electrons. The molecule has 1 rings (SSSR count). The molecule has 0 atom stereocenters. The SMILES string of the molecule is CCc1cc(C(=O)NCC(C)(C)CCOC)cc(NN)n1. The average molecular weight is 294 g/mol. The molecule has 6 nitrogen and oxygen atoms in total. The second kappa shape index (κ2) is 7.95. The molecule has 0 spiro atoms. The van der Waals surface area contributed by atoms with Gasteiger partial charge in [-0.25, -0.2) is 10.8 Å². The smallest absolute Gasteiger partial charge is 0.251 e. The fourth-order valence-electron chi connectivity index (χ4n) is 1.86. The number of rotatable bonds is 8. The maximum atomic E-state index is 12.3. The molecule has 6 heteroatoms. The summed E-state index contributed by atoms with van der Waals surface area (Å²) in [6, 6.07) is 3.44. The van der Waals surface area contributed by atoms with Gasteiger partial charge in [0.05, 0.1) is 0 Å². The van der Waals surface area contributed by atoms with Crippen LogP contribution < -0.4 is 16.6 Å². The van der Waals surface area contributed by atoms with Gasteiger partial charge in [0.25, 0.3) is 5.91 Å². The van der Waals surface area contributed by atoms with Crippen molar-refractivity contribution in [2.45, 2.75) is 33.6 Å². The molecule has 1 amide bonds. The monoisotopic (exact) mass is 294 g/mol. The van der Waals surface area contributed by atoms with Crippen molar-refractivity contribution in [1.82, 2.24) is 10.3 Å². The third kappa shape index (κ3) is 5.69. The highest BCUT2D eigenvalue weighted by Crippen LogP contribution is 2.19. The van der Waals surface area contributed by atoms with Gasteiger partial charge in [0, 0.05) is 31.5 Å². The number of nitrogens with zero attached hydrogens (tertiary/aromatic N) is 1. The van der Waals surface area contributed by atoms with Crippen LogP contribution in [0.15, 0.2) is 12.1 Å². The largest absolute Gasteiger partial charge is 0.385 e. The van der Waals surface area contributed by atoms with Crippen LogP contribution in [0.3, 0.4) is 0 Å². The second-order valence-electron chi connectivity index (χ2n) is 5.82. The Kier molecular flexibility index (Phi) is 6.58. The number of carbonyl (C=O) groups excluding carboxylic acids is 1. The minimum atomic E-state index is -0.117. The molecule has 0 aliphatic heterocycles. The molecule has 4 N–H and O–H groups in total. The number of hydrogen-bond donors (Lipinski definition) is 3. The summed E-state index contributed by atoms with van der Waals surface area (Å²) in [4.78, 5) is 16.5. The Morgan fingerprint density at radius 2 is 2.14 bits per heavy atom. The fourth-order valence-corrected chi connectivity index (χ4v) is 1.86. The third-order valence-electron chi connectivity index (χ3n) is 3.36. The number of carbonyl (C=O) groups is 1. The fraction of sp³-hybridized carbons (Fsp3) is 0.600. The number of nitrogen functional groups attached to an aromatic ring is 1. The van der Waals surface area contributed by atoms with E-state index in [2.05, 4.69) is 29.6 Å². The van der Waals surface area contributed by atoms with E-state index >= 15 is 0 Å². The molecule has 1 aromatic rings. The van der Waals surface area contributed by atoms with Gasteiger partial charge in [0.15, 0.2) is 0 Å². The van der Waals surface area contributed by atoms with Crippen LogP contribution in [0.5, 0.6) is 0 Å². The molecule has 0 aliphatic carbocycles. The quantitative estimate of drug-likeness (QED) is 0.502. The minimum Gasteiger partial charge on any atom is -0.385 e. The van der Waals surface area contributed by atoms with Crippen molar-refractivity contribution in [2.75, 3.05) is 25.7 Å². The van der Waals surface area contributed by atoms with Crippen molar-refractivity contribution in [3.05, 3.63) is 23.4 Å². The van der Waals surface area contributed by atoms with Crippen LogP contribution in [0.2, 0.25) is 0 Å². The van der Waals surface area contributed by atoms with Crippen LogP contribution in [0.4, 0.5) is 5.82 Å². The highest BCUT2D eigenvalue weighted by atomic mass is 16.5. The van der Waals surface area contributed by atoms with Crippen molar-refractivity contribution in [1.29, 1.82) is 0 Å². The second-order valence-corrected chi connectivity index (χ2v) is 5.82. The van der Waals surface area contributed by atoms with E-state index in [0.29, 0.717) is 24.5 Å². The van der Waals surface area contributed by atoms with Crippen molar-refractivity contribution in [2.24, 2.45) is 11.3 Å². The Morgan fingerprint density at radius 3 is 2.71 bits per heavy atom. The summed E-state index contributed by atoms with van der Waals surface area (Å²) in [6.07, 6.45) is 1.63. The van der Waals surface area contributed by atoms with Gasteiger partial charge in [-0.3, -0.25) is 4.79 Å². The van der Waals surface area contributed by atoms with Gasteiger partial charge in [-0.15, -0.1) is 0 Å². The number of aromatic nitrogens is 1. The predicted molar refractivity (Wildman–Crippen MR) is 84.0 cm³/mol.